The van der Waals surface area contributed by atoms with Crippen LogP contribution in [0.1, 0.15) is 31.3 Å². The molecule has 0 saturated heterocycles. The number of hydrogen-bond donors (Lipinski definition) is 3. The van der Waals surface area contributed by atoms with Gasteiger partial charge in [0.2, 0.25) is 0 Å². The van der Waals surface area contributed by atoms with E-state index >= 15 is 0 Å². The average molecular weight is 276 g/mol. The Morgan fingerprint density at radius 2 is 1.50 bits per heavy atom. The second-order valence-corrected chi connectivity index (χ2v) is 3.79. The van der Waals surface area contributed by atoms with Crippen LogP contribution in [0.15, 0.2) is 30.3 Å². The highest BCUT2D eigenvalue weighted by molar-refractivity contribution is 5.92. The van der Waals surface area contributed by atoms with Gasteiger partial charge in [-0.2, -0.15) is 5.10 Å². The number of aromatic carboxylic acids is 3. The molecular weight excluding hydrogens is 268 g/mol. The van der Waals surface area contributed by atoms with Crippen LogP contribution >= 0.6 is 0 Å². The number of carbonyl (C=O) groups is 3. The molecule has 0 aliphatic rings. The second kappa shape index (κ2) is 4.84. The molecule has 0 radical (unpaired) electrons. The zero-order valence-corrected chi connectivity index (χ0v) is 9.85. The molecule has 8 nitrogen and oxygen atoms in total. The van der Waals surface area contributed by atoms with Crippen molar-refractivity contribution in [2.75, 3.05) is 0 Å². The molecule has 0 atom stereocenters. The molecule has 0 bridgehead atoms. The average Bonchev–Trinajstić information content (AvgIpc) is 2.84. The Morgan fingerprint density at radius 1 is 0.900 bits per heavy atom. The lowest BCUT2D eigenvalue weighted by molar-refractivity contribution is 0.0678. The molecule has 2 rings (SSSR count). The topological polar surface area (TPSA) is 130 Å². The lowest BCUT2D eigenvalue weighted by Gasteiger charge is -2.04. The summed E-state index contributed by atoms with van der Waals surface area (Å²) in [6.07, 6.45) is 0. The van der Waals surface area contributed by atoms with Crippen LogP contribution in [0.2, 0.25) is 0 Å². The fraction of sp³-hybridized carbons (Fsp3) is 0. The van der Waals surface area contributed by atoms with E-state index in [-0.39, 0.29) is 16.9 Å². The van der Waals surface area contributed by atoms with E-state index in [1.807, 2.05) is 0 Å². The van der Waals surface area contributed by atoms with Crippen LogP contribution in [0.25, 0.3) is 5.69 Å². The van der Waals surface area contributed by atoms with Crippen LogP contribution in [-0.4, -0.2) is 43.0 Å². The van der Waals surface area contributed by atoms with Crippen LogP contribution in [0.5, 0.6) is 0 Å². The normalized spacial score (nSPS) is 10.2. The van der Waals surface area contributed by atoms with Crippen LogP contribution in [0.4, 0.5) is 0 Å². The van der Waals surface area contributed by atoms with Crippen LogP contribution in [-0.2, 0) is 0 Å². The maximum atomic E-state index is 11.1. The monoisotopic (exact) mass is 276 g/mol. The third-order valence-corrected chi connectivity index (χ3v) is 2.51. The van der Waals surface area contributed by atoms with Gasteiger partial charge in [0.1, 0.15) is 0 Å². The molecule has 3 N–H and O–H groups in total. The van der Waals surface area contributed by atoms with Gasteiger partial charge in [0, 0.05) is 6.07 Å². The second-order valence-electron chi connectivity index (χ2n) is 3.79. The number of aromatic nitrogens is 2. The quantitative estimate of drug-likeness (QED) is 0.758. The summed E-state index contributed by atoms with van der Waals surface area (Å²) < 4.78 is 0.928. The lowest BCUT2D eigenvalue weighted by Crippen LogP contribution is -2.08. The predicted molar refractivity (Wildman–Crippen MR) is 64.4 cm³/mol. The smallest absolute Gasteiger partial charge is 0.356 e. The molecule has 0 fully saturated rings. The molecule has 0 aliphatic carbocycles. The van der Waals surface area contributed by atoms with Crippen molar-refractivity contribution in [2.45, 2.75) is 0 Å². The van der Waals surface area contributed by atoms with Crippen molar-refractivity contribution >= 4 is 17.9 Å². The molecule has 0 saturated carbocycles. The Labute approximate surface area is 111 Å². The van der Waals surface area contributed by atoms with Gasteiger partial charge < -0.3 is 15.3 Å². The molecule has 2 aromatic rings. The number of benzene rings is 1. The van der Waals surface area contributed by atoms with Crippen LogP contribution in [0, 0.1) is 0 Å². The molecule has 1 heterocycles. The summed E-state index contributed by atoms with van der Waals surface area (Å²) in [6.45, 7) is 0. The molecule has 0 aliphatic heterocycles. The Hall–Kier alpha value is -3.16. The minimum atomic E-state index is -1.35. The van der Waals surface area contributed by atoms with Gasteiger partial charge in [0.15, 0.2) is 11.4 Å². The van der Waals surface area contributed by atoms with E-state index in [4.69, 9.17) is 15.3 Å². The highest BCUT2D eigenvalue weighted by atomic mass is 16.4. The first-order chi connectivity index (χ1) is 9.40. The zero-order chi connectivity index (χ0) is 14.9. The number of hydrogen-bond acceptors (Lipinski definition) is 4. The largest absolute Gasteiger partial charge is 0.478 e. The SMILES string of the molecule is O=C(O)c1ccc(-n2nc(C(=O)O)cc2C(=O)O)cc1. The van der Waals surface area contributed by atoms with Gasteiger partial charge in [-0.25, -0.2) is 19.1 Å². The third-order valence-electron chi connectivity index (χ3n) is 2.51. The van der Waals surface area contributed by atoms with Gasteiger partial charge in [-0.15, -0.1) is 0 Å². The van der Waals surface area contributed by atoms with Crippen molar-refractivity contribution in [2.24, 2.45) is 0 Å². The minimum absolute atomic E-state index is 0.0243. The zero-order valence-electron chi connectivity index (χ0n) is 9.85. The molecule has 0 amide bonds. The van der Waals surface area contributed by atoms with Gasteiger partial charge in [-0.3, -0.25) is 0 Å². The van der Waals surface area contributed by atoms with Gasteiger partial charge in [0.05, 0.1) is 11.3 Å². The Bertz CT molecular complexity index is 701. The highest BCUT2D eigenvalue weighted by Crippen LogP contribution is 2.14. The Balaban J connectivity index is 2.53. The summed E-state index contributed by atoms with van der Waals surface area (Å²) in [4.78, 5) is 32.6. The summed E-state index contributed by atoms with van der Waals surface area (Å²) in [5.41, 5.74) is -0.466. The van der Waals surface area contributed by atoms with E-state index in [9.17, 15) is 14.4 Å². The fourth-order valence-corrected chi connectivity index (χ4v) is 1.58. The standard InChI is InChI=1S/C12H8N2O6/c15-10(16)6-1-3-7(4-2-6)14-9(12(19)20)5-8(13-14)11(17)18/h1-5H,(H,15,16)(H,17,18)(H,19,20). The first-order valence-corrected chi connectivity index (χ1v) is 5.30. The summed E-state index contributed by atoms with van der Waals surface area (Å²) in [5.74, 6) is -3.82. The molecule has 20 heavy (non-hydrogen) atoms. The van der Waals surface area contributed by atoms with Crippen LogP contribution in [0.3, 0.4) is 0 Å². The molecule has 0 unspecified atom stereocenters. The van der Waals surface area contributed by atoms with E-state index < -0.39 is 23.6 Å². The fourth-order valence-electron chi connectivity index (χ4n) is 1.58. The Kier molecular flexibility index (Phi) is 3.21. The first-order valence-electron chi connectivity index (χ1n) is 5.30. The summed E-state index contributed by atoms with van der Waals surface area (Å²) >= 11 is 0. The maximum absolute atomic E-state index is 11.1. The third kappa shape index (κ3) is 2.34. The number of carboxylic acid groups (broad SMARTS) is 3. The van der Waals surface area contributed by atoms with Crippen molar-refractivity contribution in [3.05, 3.63) is 47.3 Å². The van der Waals surface area contributed by atoms with E-state index in [1.165, 1.54) is 24.3 Å². The van der Waals surface area contributed by atoms with Crippen molar-refractivity contribution < 1.29 is 29.7 Å². The van der Waals surface area contributed by atoms with E-state index in [2.05, 4.69) is 5.10 Å². The van der Waals surface area contributed by atoms with Crippen molar-refractivity contribution in [3.8, 4) is 5.69 Å². The van der Waals surface area contributed by atoms with Gasteiger partial charge in [-0.05, 0) is 24.3 Å². The summed E-state index contributed by atoms with van der Waals surface area (Å²) in [6, 6.07) is 6.15. The molecule has 1 aromatic carbocycles. The maximum Gasteiger partial charge on any atom is 0.356 e. The molecule has 102 valence electrons. The molecular formula is C12H8N2O6. The first kappa shape index (κ1) is 13.3. The number of rotatable bonds is 4. The minimum Gasteiger partial charge on any atom is -0.478 e. The molecule has 1 aromatic heterocycles. The van der Waals surface area contributed by atoms with Gasteiger partial charge >= 0.3 is 17.9 Å². The number of carboxylic acids is 3. The molecule has 0 spiro atoms. The highest BCUT2D eigenvalue weighted by Gasteiger charge is 2.19. The van der Waals surface area contributed by atoms with Crippen molar-refractivity contribution in [3.63, 3.8) is 0 Å². The van der Waals surface area contributed by atoms with E-state index in [0.717, 1.165) is 10.7 Å². The van der Waals surface area contributed by atoms with E-state index in [1.54, 1.807) is 0 Å². The number of nitrogens with zero attached hydrogens (tertiary/aromatic N) is 2. The van der Waals surface area contributed by atoms with Gasteiger partial charge in [-0.1, -0.05) is 0 Å². The lowest BCUT2D eigenvalue weighted by atomic mass is 10.2. The summed E-state index contributed by atoms with van der Waals surface area (Å²) in [7, 11) is 0. The van der Waals surface area contributed by atoms with Crippen LogP contribution < -0.4 is 0 Å². The van der Waals surface area contributed by atoms with E-state index in [0.29, 0.717) is 0 Å². The van der Waals surface area contributed by atoms with Crippen molar-refractivity contribution in [1.82, 2.24) is 9.78 Å². The predicted octanol–water partition coefficient (Wildman–Crippen LogP) is 0.967. The Morgan fingerprint density at radius 3 is 1.95 bits per heavy atom. The molecule has 8 heteroatoms. The summed E-state index contributed by atoms with van der Waals surface area (Å²) in [5, 5.41) is 30.3. The van der Waals surface area contributed by atoms with Crippen molar-refractivity contribution in [1.29, 1.82) is 0 Å². The van der Waals surface area contributed by atoms with Gasteiger partial charge in [0.25, 0.3) is 0 Å².